The van der Waals surface area contributed by atoms with Gasteiger partial charge in [-0.05, 0) is 25.3 Å². The summed E-state index contributed by atoms with van der Waals surface area (Å²) in [5.74, 6) is -0.398. The molecular formula is C18H28N4O3. The third-order valence-electron chi connectivity index (χ3n) is 5.40. The number of amides is 1. The number of ether oxygens (including phenoxy) is 1. The number of hydrogen-bond donors (Lipinski definition) is 2. The molecule has 0 aromatic carbocycles. The largest absolute Gasteiger partial charge is 0.465 e. The zero-order valence-electron chi connectivity index (χ0n) is 15.4. The van der Waals surface area contributed by atoms with Gasteiger partial charge >= 0.3 is 5.97 Å². The molecule has 0 spiro atoms. The minimum Gasteiger partial charge on any atom is -0.465 e. The molecule has 7 nitrogen and oxygen atoms in total. The van der Waals surface area contributed by atoms with E-state index in [0.717, 1.165) is 51.4 Å². The Morgan fingerprint density at radius 2 is 1.96 bits per heavy atom. The first-order valence-corrected chi connectivity index (χ1v) is 9.10. The van der Waals surface area contributed by atoms with Gasteiger partial charge in [0.25, 0.3) is 5.91 Å². The predicted octanol–water partition coefficient (Wildman–Crippen LogP) is 0.792. The van der Waals surface area contributed by atoms with E-state index in [4.69, 9.17) is 4.74 Å². The Morgan fingerprint density at radius 1 is 1.24 bits per heavy atom. The molecule has 2 aliphatic heterocycles. The molecule has 3 rings (SSSR count). The average molecular weight is 348 g/mol. The Balaban J connectivity index is 1.75. The highest BCUT2D eigenvalue weighted by atomic mass is 16.5. The van der Waals surface area contributed by atoms with Gasteiger partial charge in [-0.25, -0.2) is 4.79 Å². The smallest absolute Gasteiger partial charge is 0.339 e. The molecular weight excluding hydrogens is 320 g/mol. The number of carbonyl (C=O) groups excluding carboxylic acids is 2. The second-order valence-electron chi connectivity index (χ2n) is 6.80. The molecule has 3 heterocycles. The van der Waals surface area contributed by atoms with Crippen LogP contribution < -0.4 is 5.32 Å². The highest BCUT2D eigenvalue weighted by molar-refractivity contribution is 6.00. The van der Waals surface area contributed by atoms with E-state index in [1.54, 1.807) is 0 Å². The highest BCUT2D eigenvalue weighted by Crippen LogP contribution is 2.24. The Bertz CT molecular complexity index is 649. The van der Waals surface area contributed by atoms with Crippen LogP contribution in [0.2, 0.25) is 0 Å². The number of esters is 1. The van der Waals surface area contributed by atoms with Crippen molar-refractivity contribution in [2.24, 2.45) is 0 Å². The van der Waals surface area contributed by atoms with Crippen LogP contribution in [0.1, 0.15) is 45.4 Å². The fourth-order valence-corrected chi connectivity index (χ4v) is 3.95. The van der Waals surface area contributed by atoms with Crippen molar-refractivity contribution >= 4 is 11.9 Å². The van der Waals surface area contributed by atoms with Crippen LogP contribution in [-0.4, -0.2) is 79.1 Å². The number of likely N-dealkylation sites (tertiary alicyclic amines) is 1. The number of hydrogen-bond acceptors (Lipinski definition) is 5. The van der Waals surface area contributed by atoms with Crippen LogP contribution in [0.25, 0.3) is 0 Å². The topological polar surface area (TPSA) is 77.7 Å². The Morgan fingerprint density at radius 3 is 2.60 bits per heavy atom. The second kappa shape index (κ2) is 7.58. The van der Waals surface area contributed by atoms with Gasteiger partial charge in [-0.15, -0.1) is 0 Å². The van der Waals surface area contributed by atoms with Gasteiger partial charge in [0.2, 0.25) is 0 Å². The summed E-state index contributed by atoms with van der Waals surface area (Å²) in [5.41, 5.74) is 2.49. The number of carbonyl (C=O) groups is 2. The van der Waals surface area contributed by atoms with Crippen LogP contribution in [-0.2, 0) is 11.2 Å². The van der Waals surface area contributed by atoms with Crippen molar-refractivity contribution in [3.8, 4) is 0 Å². The van der Waals surface area contributed by atoms with Crippen molar-refractivity contribution in [2.45, 2.75) is 32.7 Å². The molecule has 0 aliphatic carbocycles. The summed E-state index contributed by atoms with van der Waals surface area (Å²) in [7, 11) is 1.37. The normalized spacial score (nSPS) is 21.6. The molecule has 2 fully saturated rings. The van der Waals surface area contributed by atoms with Gasteiger partial charge in [0.05, 0.1) is 12.7 Å². The zero-order valence-corrected chi connectivity index (χ0v) is 15.4. The van der Waals surface area contributed by atoms with Gasteiger partial charge < -0.3 is 19.9 Å². The van der Waals surface area contributed by atoms with Crippen molar-refractivity contribution in [3.05, 3.63) is 22.5 Å². The van der Waals surface area contributed by atoms with Gasteiger partial charge in [0, 0.05) is 51.0 Å². The lowest BCUT2D eigenvalue weighted by Gasteiger charge is -2.32. The predicted molar refractivity (Wildman–Crippen MR) is 95.0 cm³/mol. The van der Waals surface area contributed by atoms with E-state index >= 15 is 0 Å². The van der Waals surface area contributed by atoms with Crippen molar-refractivity contribution < 1.29 is 14.3 Å². The molecule has 0 bridgehead atoms. The molecule has 1 unspecified atom stereocenters. The van der Waals surface area contributed by atoms with E-state index in [1.165, 1.54) is 7.11 Å². The molecule has 1 aromatic heterocycles. The molecule has 1 aromatic rings. The Labute approximate surface area is 148 Å². The monoisotopic (exact) mass is 348 g/mol. The number of rotatable bonds is 4. The fraction of sp³-hybridized carbons (Fsp3) is 0.667. The maximum Gasteiger partial charge on any atom is 0.339 e. The lowest BCUT2D eigenvalue weighted by atomic mass is 10.1. The van der Waals surface area contributed by atoms with Crippen LogP contribution in [0.5, 0.6) is 0 Å². The molecule has 0 saturated carbocycles. The number of aromatic amines is 1. The minimum absolute atomic E-state index is 0.0139. The van der Waals surface area contributed by atoms with Crippen molar-refractivity contribution in [2.75, 3.05) is 46.4 Å². The second-order valence-corrected chi connectivity index (χ2v) is 6.80. The molecule has 1 amide bonds. The lowest BCUT2D eigenvalue weighted by Crippen LogP contribution is -2.49. The summed E-state index contributed by atoms with van der Waals surface area (Å²) < 4.78 is 4.88. The first kappa shape index (κ1) is 17.9. The average Bonchev–Trinajstić information content (AvgIpc) is 3.26. The number of methoxy groups -OCH3 is 1. The SMILES string of the molecule is CCc1[nH]c(C(=O)N2CCC(N3CCNCC3)C2)c(C)c1C(=O)OC. The van der Waals surface area contributed by atoms with E-state index in [1.807, 2.05) is 18.7 Å². The van der Waals surface area contributed by atoms with Crippen LogP contribution in [0.4, 0.5) is 0 Å². The van der Waals surface area contributed by atoms with Gasteiger partial charge in [0.15, 0.2) is 0 Å². The molecule has 138 valence electrons. The van der Waals surface area contributed by atoms with E-state index in [-0.39, 0.29) is 11.9 Å². The van der Waals surface area contributed by atoms with E-state index in [0.29, 0.717) is 29.3 Å². The quantitative estimate of drug-likeness (QED) is 0.787. The van der Waals surface area contributed by atoms with Gasteiger partial charge in [-0.2, -0.15) is 0 Å². The number of aryl methyl sites for hydroxylation is 1. The first-order chi connectivity index (χ1) is 12.1. The van der Waals surface area contributed by atoms with Crippen molar-refractivity contribution in [1.82, 2.24) is 20.1 Å². The maximum absolute atomic E-state index is 13.0. The summed E-state index contributed by atoms with van der Waals surface area (Å²) >= 11 is 0. The first-order valence-electron chi connectivity index (χ1n) is 9.10. The van der Waals surface area contributed by atoms with E-state index in [2.05, 4.69) is 15.2 Å². The summed E-state index contributed by atoms with van der Waals surface area (Å²) in [6.07, 6.45) is 1.66. The van der Waals surface area contributed by atoms with Crippen LogP contribution in [0.15, 0.2) is 0 Å². The Kier molecular flexibility index (Phi) is 5.44. The number of aromatic nitrogens is 1. The van der Waals surface area contributed by atoms with Gasteiger partial charge in [-0.3, -0.25) is 9.69 Å². The number of piperazine rings is 1. The van der Waals surface area contributed by atoms with E-state index in [9.17, 15) is 9.59 Å². The molecule has 0 radical (unpaired) electrons. The van der Waals surface area contributed by atoms with E-state index < -0.39 is 0 Å². The van der Waals surface area contributed by atoms with Crippen LogP contribution >= 0.6 is 0 Å². The van der Waals surface area contributed by atoms with Crippen LogP contribution in [0, 0.1) is 6.92 Å². The summed E-state index contributed by atoms with van der Waals surface area (Å²) in [6, 6.07) is 0.437. The third-order valence-corrected chi connectivity index (χ3v) is 5.40. The highest BCUT2D eigenvalue weighted by Gasteiger charge is 2.33. The van der Waals surface area contributed by atoms with Gasteiger partial charge in [0.1, 0.15) is 5.69 Å². The molecule has 1 atom stereocenters. The molecule has 7 heteroatoms. The molecule has 2 saturated heterocycles. The maximum atomic E-state index is 13.0. The summed E-state index contributed by atoms with van der Waals surface area (Å²) in [5, 5.41) is 3.37. The third kappa shape index (κ3) is 3.43. The number of nitrogens with zero attached hydrogens (tertiary/aromatic N) is 2. The molecule has 2 aliphatic rings. The minimum atomic E-state index is -0.384. The zero-order chi connectivity index (χ0) is 18.0. The van der Waals surface area contributed by atoms with Crippen molar-refractivity contribution in [3.63, 3.8) is 0 Å². The molecule has 25 heavy (non-hydrogen) atoms. The Hall–Kier alpha value is -1.86. The van der Waals surface area contributed by atoms with Crippen LogP contribution in [0.3, 0.4) is 0 Å². The molecule has 2 N–H and O–H groups in total. The fourth-order valence-electron chi connectivity index (χ4n) is 3.95. The number of nitrogens with one attached hydrogen (secondary N) is 2. The summed E-state index contributed by atoms with van der Waals surface area (Å²) in [4.78, 5) is 32.6. The van der Waals surface area contributed by atoms with Crippen molar-refractivity contribution in [1.29, 1.82) is 0 Å². The van der Waals surface area contributed by atoms with Gasteiger partial charge in [-0.1, -0.05) is 6.92 Å². The number of H-pyrrole nitrogens is 1. The summed E-state index contributed by atoms with van der Waals surface area (Å²) in [6.45, 7) is 9.42. The standard InChI is InChI=1S/C18H28N4O3/c1-4-14-15(18(24)25-3)12(2)16(20-14)17(23)22-8-5-13(11-22)21-9-6-19-7-10-21/h13,19-20H,4-11H2,1-3H3. The lowest BCUT2D eigenvalue weighted by molar-refractivity contribution is 0.0599.